The molecular formula is C12H11F3N4O3. The Morgan fingerprint density at radius 1 is 1.18 bits per heavy atom. The Labute approximate surface area is 122 Å². The molecule has 7 nitrogen and oxygen atoms in total. The van der Waals surface area contributed by atoms with Gasteiger partial charge in [-0.2, -0.15) is 0 Å². The topological polar surface area (TPSA) is 83.7 Å². The monoisotopic (exact) mass is 316 g/mol. The van der Waals surface area contributed by atoms with Gasteiger partial charge in [0, 0.05) is 12.3 Å². The van der Waals surface area contributed by atoms with Crippen LogP contribution >= 0.6 is 0 Å². The lowest BCUT2D eigenvalue weighted by molar-refractivity contribution is -0.274. The number of benzene rings is 1. The van der Waals surface area contributed by atoms with Gasteiger partial charge in [0.15, 0.2) is 0 Å². The number of carbonyl (C=O) groups is 1. The normalized spacial score (nSPS) is 23.6. The Morgan fingerprint density at radius 2 is 1.95 bits per heavy atom. The maximum Gasteiger partial charge on any atom is 0.573 e. The Hall–Kier alpha value is -2.62. The number of carbonyl (C=O) groups excluding carboxylic acids is 1. The molecule has 2 amide bonds. The van der Waals surface area contributed by atoms with Gasteiger partial charge in [0.05, 0.1) is 5.70 Å². The fourth-order valence-corrected chi connectivity index (χ4v) is 2.01. The fourth-order valence-electron chi connectivity index (χ4n) is 2.01. The van der Waals surface area contributed by atoms with Crippen LogP contribution in [0.2, 0.25) is 0 Å². The van der Waals surface area contributed by atoms with E-state index in [0.717, 1.165) is 6.07 Å². The number of nitrogens with one attached hydrogen (secondary N) is 4. The second kappa shape index (κ2) is 5.30. The van der Waals surface area contributed by atoms with Gasteiger partial charge in [-0.25, -0.2) is 10.1 Å². The van der Waals surface area contributed by atoms with E-state index in [1.54, 1.807) is 6.20 Å². The fraction of sp³-hybridized carbons (Fsp3) is 0.250. The molecule has 0 spiro atoms. The van der Waals surface area contributed by atoms with Crippen molar-refractivity contribution in [1.82, 2.24) is 21.3 Å². The first-order chi connectivity index (χ1) is 10.4. The molecule has 22 heavy (non-hydrogen) atoms. The van der Waals surface area contributed by atoms with E-state index < -0.39 is 18.9 Å². The first-order valence-electron chi connectivity index (χ1n) is 6.21. The number of amides is 2. The van der Waals surface area contributed by atoms with Gasteiger partial charge < -0.3 is 25.4 Å². The molecule has 0 aliphatic carbocycles. The van der Waals surface area contributed by atoms with Gasteiger partial charge in [0.25, 0.3) is 0 Å². The van der Waals surface area contributed by atoms with Crippen LogP contribution in [-0.2, 0) is 0 Å². The number of halogens is 3. The minimum absolute atomic E-state index is 0.167. The summed E-state index contributed by atoms with van der Waals surface area (Å²) < 4.78 is 45.8. The third kappa shape index (κ3) is 3.34. The first kappa shape index (κ1) is 14.3. The molecule has 118 valence electrons. The molecular weight excluding hydrogens is 305 g/mol. The molecule has 1 aromatic carbocycles. The molecule has 2 unspecified atom stereocenters. The van der Waals surface area contributed by atoms with Gasteiger partial charge in [0.1, 0.15) is 17.7 Å². The van der Waals surface area contributed by atoms with Crippen molar-refractivity contribution >= 4 is 6.03 Å². The van der Waals surface area contributed by atoms with Crippen LogP contribution < -0.4 is 30.7 Å². The van der Waals surface area contributed by atoms with E-state index in [4.69, 9.17) is 4.74 Å². The summed E-state index contributed by atoms with van der Waals surface area (Å²) in [4.78, 5) is 11.2. The molecule has 2 atom stereocenters. The lowest BCUT2D eigenvalue weighted by atomic mass is 10.3. The molecule has 0 radical (unpaired) electrons. The minimum Gasteiger partial charge on any atom is -0.457 e. The highest BCUT2D eigenvalue weighted by Crippen LogP contribution is 2.26. The van der Waals surface area contributed by atoms with E-state index in [1.807, 2.05) is 0 Å². The molecule has 10 heteroatoms. The van der Waals surface area contributed by atoms with E-state index in [2.05, 4.69) is 26.0 Å². The Balaban J connectivity index is 1.65. The second-order valence-corrected chi connectivity index (χ2v) is 4.49. The van der Waals surface area contributed by atoms with E-state index in [-0.39, 0.29) is 17.5 Å². The summed E-state index contributed by atoms with van der Waals surface area (Å²) in [5.74, 6) is -0.214. The quantitative estimate of drug-likeness (QED) is 0.666. The number of hydrogen-bond donors (Lipinski definition) is 4. The van der Waals surface area contributed by atoms with Gasteiger partial charge in [-0.05, 0) is 12.1 Å². The standard InChI is InChI=1S/C12H11F3N4O3/c13-12(14,15)22-7-3-1-2-6(4-7)21-11-16-5-8-9(19-11)18-10(20)17-8/h1-5,9,11,16,19H,(H2,17,18,20). The molecule has 1 saturated heterocycles. The number of hydrogen-bond acceptors (Lipinski definition) is 5. The Morgan fingerprint density at radius 3 is 2.73 bits per heavy atom. The van der Waals surface area contributed by atoms with Crippen molar-refractivity contribution in [3.8, 4) is 11.5 Å². The van der Waals surface area contributed by atoms with E-state index >= 15 is 0 Å². The summed E-state index contributed by atoms with van der Waals surface area (Å²) >= 11 is 0. The van der Waals surface area contributed by atoms with Crippen LogP contribution in [0.25, 0.3) is 0 Å². The molecule has 0 aromatic heterocycles. The summed E-state index contributed by atoms with van der Waals surface area (Å²) in [7, 11) is 0. The van der Waals surface area contributed by atoms with Gasteiger partial charge in [-0.15, -0.1) is 13.2 Å². The molecule has 3 rings (SSSR count). The predicted molar refractivity (Wildman–Crippen MR) is 67.4 cm³/mol. The molecule has 0 bridgehead atoms. The van der Waals surface area contributed by atoms with Crippen LogP contribution in [-0.4, -0.2) is 24.9 Å². The molecule has 1 aromatic rings. The maximum atomic E-state index is 12.2. The zero-order chi connectivity index (χ0) is 15.7. The van der Waals surface area contributed by atoms with E-state index in [9.17, 15) is 18.0 Å². The molecule has 2 aliphatic rings. The van der Waals surface area contributed by atoms with Gasteiger partial charge in [0.2, 0.25) is 6.35 Å². The van der Waals surface area contributed by atoms with Gasteiger partial charge in [-0.3, -0.25) is 0 Å². The lowest BCUT2D eigenvalue weighted by Gasteiger charge is -2.28. The average molecular weight is 316 g/mol. The van der Waals surface area contributed by atoms with Crippen molar-refractivity contribution in [2.75, 3.05) is 0 Å². The lowest BCUT2D eigenvalue weighted by Crippen LogP contribution is -2.56. The number of rotatable bonds is 3. The molecule has 0 saturated carbocycles. The number of ether oxygens (including phenoxy) is 2. The maximum absolute atomic E-state index is 12.2. The van der Waals surface area contributed by atoms with Crippen molar-refractivity contribution in [2.45, 2.75) is 18.9 Å². The largest absolute Gasteiger partial charge is 0.573 e. The third-order valence-corrected chi connectivity index (χ3v) is 2.85. The first-order valence-corrected chi connectivity index (χ1v) is 6.21. The summed E-state index contributed by atoms with van der Waals surface area (Å²) in [6.45, 7) is 0. The van der Waals surface area contributed by atoms with Crippen molar-refractivity contribution in [3.05, 3.63) is 36.2 Å². The summed E-state index contributed by atoms with van der Waals surface area (Å²) in [5, 5.41) is 10.9. The van der Waals surface area contributed by atoms with Gasteiger partial charge >= 0.3 is 12.4 Å². The van der Waals surface area contributed by atoms with E-state index in [1.165, 1.54) is 18.2 Å². The van der Waals surface area contributed by atoms with E-state index in [0.29, 0.717) is 5.70 Å². The van der Waals surface area contributed by atoms with Crippen molar-refractivity contribution in [2.24, 2.45) is 0 Å². The molecule has 2 aliphatic heterocycles. The Bertz CT molecular complexity index is 620. The summed E-state index contributed by atoms with van der Waals surface area (Å²) in [6, 6.07) is 4.78. The van der Waals surface area contributed by atoms with Crippen LogP contribution in [0.1, 0.15) is 0 Å². The SMILES string of the molecule is O=C1NC2=CNC(Oc3cccc(OC(F)(F)F)c3)NC2N1. The van der Waals surface area contributed by atoms with Crippen molar-refractivity contribution < 1.29 is 27.4 Å². The summed E-state index contributed by atoms with van der Waals surface area (Å²) in [6.07, 6.45) is -4.40. The highest BCUT2D eigenvalue weighted by molar-refractivity contribution is 5.80. The number of urea groups is 1. The van der Waals surface area contributed by atoms with Crippen molar-refractivity contribution in [1.29, 1.82) is 0 Å². The van der Waals surface area contributed by atoms with Crippen LogP contribution in [0.15, 0.2) is 36.2 Å². The second-order valence-electron chi connectivity index (χ2n) is 4.49. The van der Waals surface area contributed by atoms with Crippen LogP contribution in [0.5, 0.6) is 11.5 Å². The molecule has 2 heterocycles. The highest BCUT2D eigenvalue weighted by atomic mass is 19.4. The summed E-state index contributed by atoms with van der Waals surface area (Å²) in [5.41, 5.74) is 0.596. The Kier molecular flexibility index (Phi) is 3.45. The predicted octanol–water partition coefficient (Wildman–Crippen LogP) is 0.921. The van der Waals surface area contributed by atoms with Crippen LogP contribution in [0, 0.1) is 0 Å². The van der Waals surface area contributed by atoms with Crippen molar-refractivity contribution in [3.63, 3.8) is 0 Å². The minimum atomic E-state index is -4.77. The van der Waals surface area contributed by atoms with Crippen LogP contribution in [0.4, 0.5) is 18.0 Å². The van der Waals surface area contributed by atoms with Crippen LogP contribution in [0.3, 0.4) is 0 Å². The molecule has 4 N–H and O–H groups in total. The molecule has 1 fully saturated rings. The zero-order valence-corrected chi connectivity index (χ0v) is 10.9. The highest BCUT2D eigenvalue weighted by Gasteiger charge is 2.32. The zero-order valence-electron chi connectivity index (χ0n) is 10.9. The third-order valence-electron chi connectivity index (χ3n) is 2.85. The number of fused-ring (bicyclic) bond motifs is 1. The number of alkyl halides is 3. The average Bonchev–Trinajstić information content (AvgIpc) is 2.76. The smallest absolute Gasteiger partial charge is 0.457 e. The van der Waals surface area contributed by atoms with Gasteiger partial charge in [-0.1, -0.05) is 6.07 Å².